The van der Waals surface area contributed by atoms with Gasteiger partial charge in [0, 0.05) is 6.42 Å². The summed E-state index contributed by atoms with van der Waals surface area (Å²) in [5, 5.41) is 17.2. The summed E-state index contributed by atoms with van der Waals surface area (Å²) in [6, 6.07) is 17.6. The second-order valence-corrected chi connectivity index (χ2v) is 6.71. The fraction of sp³-hybridized carbons (Fsp3) is 0.348. The van der Waals surface area contributed by atoms with Crippen LogP contribution in [0.2, 0.25) is 0 Å². The molecule has 0 heterocycles. The number of benzene rings is 2. The number of oxime groups is 2. The van der Waals surface area contributed by atoms with Crippen molar-refractivity contribution in [2.24, 2.45) is 10.3 Å². The van der Waals surface area contributed by atoms with Crippen LogP contribution in [0.5, 0.6) is 0 Å². The van der Waals surface area contributed by atoms with Crippen molar-refractivity contribution in [2.45, 2.75) is 39.5 Å². The highest BCUT2D eigenvalue weighted by atomic mass is 16.6. The minimum Gasteiger partial charge on any atom is -0.481 e. The van der Waals surface area contributed by atoms with Gasteiger partial charge in [-0.1, -0.05) is 70.5 Å². The summed E-state index contributed by atoms with van der Waals surface area (Å²) in [6.45, 7) is 4.91. The van der Waals surface area contributed by atoms with Crippen molar-refractivity contribution in [3.05, 3.63) is 71.3 Å². The highest BCUT2D eigenvalue weighted by Crippen LogP contribution is 2.08. The number of nitrogens with zero attached hydrogens (tertiary/aromatic N) is 2. The van der Waals surface area contributed by atoms with Gasteiger partial charge in [-0.2, -0.15) is 0 Å². The van der Waals surface area contributed by atoms with E-state index in [1.807, 2.05) is 68.4 Å². The van der Waals surface area contributed by atoms with E-state index in [0.29, 0.717) is 25.3 Å². The molecule has 6 nitrogen and oxygen atoms in total. The van der Waals surface area contributed by atoms with E-state index in [1.165, 1.54) is 5.56 Å². The Labute approximate surface area is 171 Å². The van der Waals surface area contributed by atoms with Gasteiger partial charge >= 0.3 is 5.97 Å². The van der Waals surface area contributed by atoms with Crippen molar-refractivity contribution in [1.29, 1.82) is 0 Å². The van der Waals surface area contributed by atoms with Crippen LogP contribution in [0.1, 0.15) is 49.3 Å². The van der Waals surface area contributed by atoms with E-state index in [0.717, 1.165) is 29.7 Å². The van der Waals surface area contributed by atoms with Gasteiger partial charge in [-0.15, -0.1) is 0 Å². The van der Waals surface area contributed by atoms with Gasteiger partial charge in [-0.25, -0.2) is 0 Å². The zero-order valence-corrected chi connectivity index (χ0v) is 17.0. The molecule has 154 valence electrons. The van der Waals surface area contributed by atoms with Crippen LogP contribution < -0.4 is 0 Å². The molecule has 0 aliphatic rings. The summed E-state index contributed by atoms with van der Waals surface area (Å²) in [5.74, 6) is -0.854. The molecule has 0 saturated heterocycles. The summed E-state index contributed by atoms with van der Waals surface area (Å²) >= 11 is 0. The number of unbranched alkanes of at least 4 members (excludes halogenated alkanes) is 1. The molecule has 0 unspecified atom stereocenters. The van der Waals surface area contributed by atoms with E-state index in [1.54, 1.807) is 0 Å². The Morgan fingerprint density at radius 3 is 2.10 bits per heavy atom. The lowest BCUT2D eigenvalue weighted by molar-refractivity contribution is -0.136. The second kappa shape index (κ2) is 12.3. The van der Waals surface area contributed by atoms with Crippen LogP contribution >= 0.6 is 0 Å². The molecule has 0 radical (unpaired) electrons. The predicted molar refractivity (Wildman–Crippen MR) is 114 cm³/mol. The Morgan fingerprint density at radius 1 is 0.862 bits per heavy atom. The number of aryl methyl sites for hydroxylation is 1. The molecule has 6 heteroatoms. The van der Waals surface area contributed by atoms with Crippen molar-refractivity contribution >= 4 is 17.4 Å². The summed E-state index contributed by atoms with van der Waals surface area (Å²) in [4.78, 5) is 21.6. The van der Waals surface area contributed by atoms with Gasteiger partial charge in [0.2, 0.25) is 0 Å². The highest BCUT2D eigenvalue weighted by Gasteiger charge is 2.07. The van der Waals surface area contributed by atoms with E-state index in [4.69, 9.17) is 14.8 Å². The molecule has 0 aliphatic heterocycles. The van der Waals surface area contributed by atoms with Crippen LogP contribution in [0.15, 0.2) is 64.9 Å². The van der Waals surface area contributed by atoms with Crippen molar-refractivity contribution in [3.63, 3.8) is 0 Å². The SMILES string of the molecule is C/C(=N\OCCCCO/N=C(/CCC(=O)O)c1ccccc1)c1ccc(C)cc1. The Balaban J connectivity index is 1.70. The zero-order valence-electron chi connectivity index (χ0n) is 17.0. The van der Waals surface area contributed by atoms with Crippen molar-refractivity contribution in [1.82, 2.24) is 0 Å². The molecule has 0 saturated carbocycles. The van der Waals surface area contributed by atoms with Crippen LogP contribution in [-0.4, -0.2) is 35.7 Å². The van der Waals surface area contributed by atoms with Gasteiger partial charge in [0.05, 0.1) is 17.8 Å². The van der Waals surface area contributed by atoms with Crippen LogP contribution in [0.4, 0.5) is 0 Å². The lowest BCUT2D eigenvalue weighted by Gasteiger charge is -2.06. The number of carboxylic acid groups (broad SMARTS) is 1. The van der Waals surface area contributed by atoms with Gasteiger partial charge in [0.25, 0.3) is 0 Å². The highest BCUT2D eigenvalue weighted by molar-refractivity contribution is 6.01. The molecule has 1 N–H and O–H groups in total. The van der Waals surface area contributed by atoms with Gasteiger partial charge in [-0.3, -0.25) is 4.79 Å². The fourth-order valence-corrected chi connectivity index (χ4v) is 2.55. The molecule has 0 amide bonds. The maximum Gasteiger partial charge on any atom is 0.303 e. The summed E-state index contributed by atoms with van der Waals surface area (Å²) < 4.78 is 0. The summed E-state index contributed by atoms with van der Waals surface area (Å²) in [6.07, 6.45) is 1.90. The van der Waals surface area contributed by atoms with E-state index >= 15 is 0 Å². The Hall–Kier alpha value is -3.15. The molecule has 2 rings (SSSR count). The maximum absolute atomic E-state index is 10.8. The monoisotopic (exact) mass is 396 g/mol. The topological polar surface area (TPSA) is 80.5 Å². The molecule has 0 bridgehead atoms. The van der Waals surface area contributed by atoms with Crippen LogP contribution in [-0.2, 0) is 14.5 Å². The molecular weight excluding hydrogens is 368 g/mol. The normalized spacial score (nSPS) is 11.9. The number of aliphatic carboxylic acids is 1. The van der Waals surface area contributed by atoms with Crippen molar-refractivity contribution in [2.75, 3.05) is 13.2 Å². The van der Waals surface area contributed by atoms with E-state index < -0.39 is 5.97 Å². The minimum atomic E-state index is -0.854. The van der Waals surface area contributed by atoms with E-state index in [9.17, 15) is 4.79 Å². The molecule has 2 aromatic carbocycles. The lowest BCUT2D eigenvalue weighted by atomic mass is 10.1. The number of carboxylic acids is 1. The molecule has 2 aromatic rings. The zero-order chi connectivity index (χ0) is 20.9. The fourth-order valence-electron chi connectivity index (χ4n) is 2.55. The predicted octanol–water partition coefficient (Wildman–Crippen LogP) is 4.80. The van der Waals surface area contributed by atoms with Crippen LogP contribution in [0.25, 0.3) is 0 Å². The number of hydrogen-bond acceptors (Lipinski definition) is 5. The number of hydrogen-bond donors (Lipinski definition) is 1. The molecule has 0 aromatic heterocycles. The van der Waals surface area contributed by atoms with E-state index in [2.05, 4.69) is 10.3 Å². The third kappa shape index (κ3) is 8.60. The average Bonchev–Trinajstić information content (AvgIpc) is 2.73. The number of rotatable bonds is 12. The minimum absolute atomic E-state index is 0.0171. The first kappa shape index (κ1) is 22.1. The number of carbonyl (C=O) groups is 1. The lowest BCUT2D eigenvalue weighted by Crippen LogP contribution is -2.06. The van der Waals surface area contributed by atoms with E-state index in [-0.39, 0.29) is 6.42 Å². The third-order valence-electron chi connectivity index (χ3n) is 4.25. The molecular formula is C23H28N2O4. The quantitative estimate of drug-likeness (QED) is 0.317. The van der Waals surface area contributed by atoms with Gasteiger partial charge in [-0.05, 0) is 37.8 Å². The summed E-state index contributed by atoms with van der Waals surface area (Å²) in [7, 11) is 0. The van der Waals surface area contributed by atoms with Gasteiger partial charge < -0.3 is 14.8 Å². The van der Waals surface area contributed by atoms with Crippen LogP contribution in [0, 0.1) is 6.92 Å². The molecule has 0 atom stereocenters. The molecule has 29 heavy (non-hydrogen) atoms. The first-order valence-corrected chi connectivity index (χ1v) is 9.76. The molecule has 0 fully saturated rings. The maximum atomic E-state index is 10.8. The first-order valence-electron chi connectivity index (χ1n) is 9.76. The standard InChI is InChI=1S/C23H28N2O4/c1-18-10-12-20(13-11-18)19(2)24-28-16-6-7-17-29-25-22(14-15-23(26)27)21-8-4-3-5-9-21/h3-5,8-13H,6-7,14-17H2,1-2H3,(H,26,27)/b24-19+,25-22-. The van der Waals surface area contributed by atoms with Gasteiger partial charge in [0.15, 0.2) is 0 Å². The van der Waals surface area contributed by atoms with Gasteiger partial charge in [0.1, 0.15) is 13.2 Å². The Bertz CT molecular complexity index is 815. The Morgan fingerprint density at radius 2 is 1.48 bits per heavy atom. The largest absolute Gasteiger partial charge is 0.481 e. The van der Waals surface area contributed by atoms with Crippen molar-refractivity contribution < 1.29 is 19.6 Å². The second-order valence-electron chi connectivity index (χ2n) is 6.71. The Kier molecular flexibility index (Phi) is 9.42. The van der Waals surface area contributed by atoms with Crippen LogP contribution in [0.3, 0.4) is 0 Å². The summed E-state index contributed by atoms with van der Waals surface area (Å²) in [5.41, 5.74) is 4.61. The molecule has 0 aliphatic carbocycles. The first-order chi connectivity index (χ1) is 14.1. The molecule has 0 spiro atoms. The van der Waals surface area contributed by atoms with Crippen molar-refractivity contribution in [3.8, 4) is 0 Å². The third-order valence-corrected chi connectivity index (χ3v) is 4.25. The average molecular weight is 396 g/mol. The smallest absolute Gasteiger partial charge is 0.303 e.